The van der Waals surface area contributed by atoms with Crippen LogP contribution in [0.5, 0.6) is 5.75 Å². The number of nitrogens with zero attached hydrogens (tertiary/aromatic N) is 1. The van der Waals surface area contributed by atoms with Crippen molar-refractivity contribution in [3.63, 3.8) is 0 Å². The Morgan fingerprint density at radius 1 is 1.35 bits per heavy atom. The first-order valence-corrected chi connectivity index (χ1v) is 8.54. The van der Waals surface area contributed by atoms with Gasteiger partial charge in [0.2, 0.25) is 0 Å². The zero-order valence-electron chi connectivity index (χ0n) is 12.7. The van der Waals surface area contributed by atoms with Crippen molar-refractivity contribution in [3.05, 3.63) is 34.8 Å². The summed E-state index contributed by atoms with van der Waals surface area (Å²) in [5.74, 6) is -0.260. The number of carbonyl (C=O) groups is 1. The summed E-state index contributed by atoms with van der Waals surface area (Å²) in [6.45, 7) is 0.623. The molecule has 1 aliphatic rings. The number of hydrogen-bond donors (Lipinski definition) is 2. The first kappa shape index (κ1) is 16.0. The van der Waals surface area contributed by atoms with Crippen LogP contribution >= 0.6 is 11.3 Å². The number of aliphatic hydroxyl groups is 1. The Kier molecular flexibility index (Phi) is 4.93. The number of aryl methyl sites for hydroxylation is 1. The number of rotatable bonds is 6. The van der Waals surface area contributed by atoms with Gasteiger partial charge in [0.15, 0.2) is 0 Å². The van der Waals surface area contributed by atoms with Crippen molar-refractivity contribution in [2.75, 3.05) is 13.2 Å². The highest BCUT2D eigenvalue weighted by Crippen LogP contribution is 2.35. The number of carboxylic acids is 1. The second-order valence-corrected chi connectivity index (χ2v) is 6.70. The molecule has 1 atom stereocenters. The Bertz CT molecular complexity index is 680. The summed E-state index contributed by atoms with van der Waals surface area (Å²) in [5.41, 5.74) is 1.96. The third-order valence-electron chi connectivity index (χ3n) is 3.96. The maximum absolute atomic E-state index is 11.1. The number of carboxylic acid groups (broad SMARTS) is 1. The Hall–Kier alpha value is -1.92. The van der Waals surface area contributed by atoms with E-state index < -0.39 is 5.97 Å². The fraction of sp³-hybridized carbons (Fsp3) is 0.412. The maximum atomic E-state index is 11.1. The number of thiazole rings is 1. The van der Waals surface area contributed by atoms with E-state index in [0.717, 1.165) is 28.4 Å². The predicted octanol–water partition coefficient (Wildman–Crippen LogP) is 2.76. The molecule has 23 heavy (non-hydrogen) atoms. The van der Waals surface area contributed by atoms with E-state index in [0.29, 0.717) is 25.9 Å². The van der Waals surface area contributed by atoms with Crippen molar-refractivity contribution in [2.45, 2.75) is 25.7 Å². The van der Waals surface area contributed by atoms with Crippen LogP contribution in [0, 0.1) is 5.92 Å². The molecule has 1 unspecified atom stereocenters. The van der Waals surface area contributed by atoms with E-state index in [1.54, 1.807) is 11.3 Å². The Labute approximate surface area is 138 Å². The zero-order chi connectivity index (χ0) is 16.2. The molecule has 0 amide bonds. The molecule has 3 rings (SSSR count). The van der Waals surface area contributed by atoms with Crippen molar-refractivity contribution >= 4 is 17.3 Å². The second kappa shape index (κ2) is 7.10. The van der Waals surface area contributed by atoms with Crippen LogP contribution in [0.25, 0.3) is 10.6 Å². The fourth-order valence-electron chi connectivity index (χ4n) is 2.66. The second-order valence-electron chi connectivity index (χ2n) is 5.62. The molecule has 0 saturated carbocycles. The van der Waals surface area contributed by atoms with Gasteiger partial charge >= 0.3 is 5.97 Å². The molecule has 122 valence electrons. The van der Waals surface area contributed by atoms with Gasteiger partial charge in [0, 0.05) is 29.9 Å². The number of fused-ring (bicyclic) bond motifs is 1. The molecule has 1 aromatic heterocycles. The molecule has 0 fully saturated rings. The van der Waals surface area contributed by atoms with E-state index in [1.165, 1.54) is 4.88 Å². The highest BCUT2D eigenvalue weighted by Gasteiger charge is 2.27. The summed E-state index contributed by atoms with van der Waals surface area (Å²) in [4.78, 5) is 17.0. The van der Waals surface area contributed by atoms with Gasteiger partial charge in [0.1, 0.15) is 10.8 Å². The van der Waals surface area contributed by atoms with Crippen molar-refractivity contribution in [1.82, 2.24) is 4.98 Å². The number of aliphatic carboxylic acids is 1. The number of aliphatic hydroxyl groups excluding tert-OH is 1. The topological polar surface area (TPSA) is 79.7 Å². The molecular formula is C17H19NO4S. The van der Waals surface area contributed by atoms with E-state index in [9.17, 15) is 4.79 Å². The average molecular weight is 333 g/mol. The van der Waals surface area contributed by atoms with Crippen LogP contribution in [0.4, 0.5) is 0 Å². The van der Waals surface area contributed by atoms with E-state index >= 15 is 0 Å². The zero-order valence-corrected chi connectivity index (χ0v) is 13.5. The van der Waals surface area contributed by atoms with Gasteiger partial charge in [-0.3, -0.25) is 4.79 Å². The molecule has 1 aliphatic carbocycles. The lowest BCUT2D eigenvalue weighted by Crippen LogP contribution is -2.21. The van der Waals surface area contributed by atoms with Gasteiger partial charge in [-0.05, 0) is 37.1 Å². The predicted molar refractivity (Wildman–Crippen MR) is 87.9 cm³/mol. The molecule has 1 heterocycles. The normalized spacial score (nSPS) is 16.8. The number of aromatic nitrogens is 1. The van der Waals surface area contributed by atoms with Crippen LogP contribution in [0.3, 0.4) is 0 Å². The number of hydrogen-bond acceptors (Lipinski definition) is 5. The molecule has 2 aromatic rings. The molecule has 0 aliphatic heterocycles. The lowest BCUT2D eigenvalue weighted by Gasteiger charge is -2.16. The molecule has 5 nitrogen and oxygen atoms in total. The van der Waals surface area contributed by atoms with Crippen molar-refractivity contribution in [3.8, 4) is 16.3 Å². The van der Waals surface area contributed by atoms with Crippen molar-refractivity contribution < 1.29 is 19.7 Å². The van der Waals surface area contributed by atoms with Crippen LogP contribution in [-0.2, 0) is 17.6 Å². The minimum atomic E-state index is -0.727. The molecule has 0 saturated heterocycles. The van der Waals surface area contributed by atoms with Crippen LogP contribution in [0.1, 0.15) is 23.4 Å². The van der Waals surface area contributed by atoms with E-state index in [2.05, 4.69) is 4.98 Å². The summed E-state index contributed by atoms with van der Waals surface area (Å²) >= 11 is 1.65. The first-order chi connectivity index (χ1) is 11.2. The SMILES string of the molecule is O=C(O)C1CCc2sc(-c3ccc(OCCCO)cc3)nc2C1. The van der Waals surface area contributed by atoms with Gasteiger partial charge in [-0.25, -0.2) is 4.98 Å². The van der Waals surface area contributed by atoms with Crippen molar-refractivity contribution in [1.29, 1.82) is 0 Å². The van der Waals surface area contributed by atoms with E-state index in [1.807, 2.05) is 24.3 Å². The summed E-state index contributed by atoms with van der Waals surface area (Å²) < 4.78 is 5.52. The molecular weight excluding hydrogens is 314 g/mol. The number of benzene rings is 1. The Balaban J connectivity index is 1.72. The smallest absolute Gasteiger partial charge is 0.306 e. The van der Waals surface area contributed by atoms with Crippen LogP contribution < -0.4 is 4.74 Å². The third-order valence-corrected chi connectivity index (χ3v) is 5.17. The maximum Gasteiger partial charge on any atom is 0.306 e. The highest BCUT2D eigenvalue weighted by molar-refractivity contribution is 7.15. The van der Waals surface area contributed by atoms with Gasteiger partial charge in [-0.1, -0.05) is 0 Å². The monoisotopic (exact) mass is 333 g/mol. The Morgan fingerprint density at radius 2 is 2.13 bits per heavy atom. The van der Waals surface area contributed by atoms with Gasteiger partial charge < -0.3 is 14.9 Å². The minimum Gasteiger partial charge on any atom is -0.494 e. The third kappa shape index (κ3) is 3.71. The molecule has 1 aromatic carbocycles. The van der Waals surface area contributed by atoms with E-state index in [4.69, 9.17) is 14.9 Å². The summed E-state index contributed by atoms with van der Waals surface area (Å²) in [6.07, 6.45) is 2.64. The van der Waals surface area contributed by atoms with E-state index in [-0.39, 0.29) is 12.5 Å². The van der Waals surface area contributed by atoms with Crippen molar-refractivity contribution in [2.24, 2.45) is 5.92 Å². The molecule has 0 spiro atoms. The summed E-state index contributed by atoms with van der Waals surface area (Å²) in [7, 11) is 0. The van der Waals surface area contributed by atoms with Gasteiger partial charge in [0.25, 0.3) is 0 Å². The lowest BCUT2D eigenvalue weighted by atomic mass is 9.91. The largest absolute Gasteiger partial charge is 0.494 e. The van der Waals surface area contributed by atoms with Gasteiger partial charge in [-0.2, -0.15) is 0 Å². The molecule has 2 N–H and O–H groups in total. The number of ether oxygens (including phenoxy) is 1. The minimum absolute atomic E-state index is 0.125. The van der Waals surface area contributed by atoms with Gasteiger partial charge in [0.05, 0.1) is 18.2 Å². The van der Waals surface area contributed by atoms with Crippen LogP contribution in [0.2, 0.25) is 0 Å². The fourth-order valence-corrected chi connectivity index (χ4v) is 3.77. The summed E-state index contributed by atoms with van der Waals surface area (Å²) in [6, 6.07) is 7.72. The first-order valence-electron chi connectivity index (χ1n) is 7.73. The quantitative estimate of drug-likeness (QED) is 0.795. The molecule has 6 heteroatoms. The summed E-state index contributed by atoms with van der Waals surface area (Å²) in [5, 5.41) is 18.8. The molecule has 0 radical (unpaired) electrons. The molecule has 0 bridgehead atoms. The Morgan fingerprint density at radius 3 is 2.83 bits per heavy atom. The highest BCUT2D eigenvalue weighted by atomic mass is 32.1. The van der Waals surface area contributed by atoms with Gasteiger partial charge in [-0.15, -0.1) is 11.3 Å². The lowest BCUT2D eigenvalue weighted by molar-refractivity contribution is -0.142. The van der Waals surface area contributed by atoms with Crippen LogP contribution in [-0.4, -0.2) is 34.4 Å². The average Bonchev–Trinajstić information content (AvgIpc) is 2.98. The van der Waals surface area contributed by atoms with Crippen LogP contribution in [0.15, 0.2) is 24.3 Å². The standard InChI is InChI=1S/C17H19NO4S/c19-8-1-9-22-13-5-2-11(3-6-13)16-18-14-10-12(17(20)21)4-7-15(14)23-16/h2-3,5-6,12,19H,1,4,7-10H2,(H,20,21).